The van der Waals surface area contributed by atoms with Crippen LogP contribution in [-0.2, 0) is 9.53 Å². The summed E-state index contributed by atoms with van der Waals surface area (Å²) in [6, 6.07) is 0. The van der Waals surface area contributed by atoms with E-state index in [2.05, 4.69) is 30.7 Å². The van der Waals surface area contributed by atoms with Crippen LogP contribution in [0.5, 0.6) is 0 Å². The van der Waals surface area contributed by atoms with Gasteiger partial charge in [-0.25, -0.2) is 0 Å². The Hall–Kier alpha value is -0.260. The van der Waals surface area contributed by atoms with Crippen LogP contribution < -0.4 is 10.6 Å². The lowest BCUT2D eigenvalue weighted by Crippen LogP contribution is -2.48. The summed E-state index contributed by atoms with van der Waals surface area (Å²) in [5.74, 6) is 0.117. The van der Waals surface area contributed by atoms with Crippen LogP contribution in [0.4, 0.5) is 0 Å². The van der Waals surface area contributed by atoms with Crippen molar-refractivity contribution in [1.29, 1.82) is 0 Å². The molecular formula is C12H24N2O2S. The van der Waals surface area contributed by atoms with Crippen LogP contribution in [0.25, 0.3) is 0 Å². The highest BCUT2D eigenvalue weighted by Crippen LogP contribution is 2.27. The molecule has 0 radical (unpaired) electrons. The van der Waals surface area contributed by atoms with Crippen LogP contribution in [0, 0.1) is 5.41 Å². The molecule has 4 nitrogen and oxygen atoms in total. The molecule has 1 aliphatic rings. The zero-order valence-corrected chi connectivity index (χ0v) is 12.1. The Labute approximate surface area is 108 Å². The normalized spacial score (nSPS) is 24.9. The fourth-order valence-electron chi connectivity index (χ4n) is 1.96. The first-order valence-corrected chi connectivity index (χ1v) is 7.21. The van der Waals surface area contributed by atoms with Gasteiger partial charge in [0, 0.05) is 24.9 Å². The maximum Gasteiger partial charge on any atom is 0.229 e. The Morgan fingerprint density at radius 1 is 1.59 bits per heavy atom. The van der Waals surface area contributed by atoms with Crippen molar-refractivity contribution in [1.82, 2.24) is 10.6 Å². The predicted molar refractivity (Wildman–Crippen MR) is 72.4 cm³/mol. The van der Waals surface area contributed by atoms with Gasteiger partial charge in [0.1, 0.15) is 0 Å². The highest BCUT2D eigenvalue weighted by atomic mass is 32.2. The average molecular weight is 260 g/mol. The van der Waals surface area contributed by atoms with Gasteiger partial charge in [-0.15, -0.1) is 0 Å². The summed E-state index contributed by atoms with van der Waals surface area (Å²) in [6.45, 7) is 7.06. The second-order valence-electron chi connectivity index (χ2n) is 5.29. The molecule has 1 unspecified atom stereocenters. The summed E-state index contributed by atoms with van der Waals surface area (Å²) < 4.78 is 5.28. The minimum Gasteiger partial charge on any atom is -0.384 e. The number of thioether (sulfide) groups is 1. The molecule has 5 heteroatoms. The highest BCUT2D eigenvalue weighted by molar-refractivity contribution is 7.99. The number of amides is 1. The molecule has 0 saturated carbocycles. The molecule has 1 saturated heterocycles. The van der Waals surface area contributed by atoms with E-state index in [1.165, 1.54) is 0 Å². The maximum absolute atomic E-state index is 12.3. The Kier molecular flexibility index (Phi) is 5.28. The number of carbonyl (C=O) groups is 1. The molecule has 0 aliphatic carbocycles. The van der Waals surface area contributed by atoms with E-state index in [-0.39, 0.29) is 16.1 Å². The van der Waals surface area contributed by atoms with Gasteiger partial charge in [0.25, 0.3) is 0 Å². The van der Waals surface area contributed by atoms with E-state index in [1.54, 1.807) is 18.9 Å². The van der Waals surface area contributed by atoms with Gasteiger partial charge in [-0.3, -0.25) is 4.79 Å². The Balaban J connectivity index is 2.55. The second-order valence-corrected chi connectivity index (χ2v) is 6.80. The van der Waals surface area contributed by atoms with Gasteiger partial charge in [-0.2, -0.15) is 11.8 Å². The lowest BCUT2D eigenvalue weighted by atomic mass is 9.87. The molecule has 17 heavy (non-hydrogen) atoms. The number of methoxy groups -OCH3 is 1. The fourth-order valence-corrected chi connectivity index (χ4v) is 2.17. The number of rotatable bonds is 6. The fraction of sp³-hybridized carbons (Fsp3) is 0.917. The van der Waals surface area contributed by atoms with E-state index in [4.69, 9.17) is 4.74 Å². The van der Waals surface area contributed by atoms with Crippen molar-refractivity contribution >= 4 is 17.7 Å². The first kappa shape index (κ1) is 14.8. The Bertz CT molecular complexity index is 263. The topological polar surface area (TPSA) is 50.4 Å². The summed E-state index contributed by atoms with van der Waals surface area (Å²) >= 11 is 1.76. The van der Waals surface area contributed by atoms with Crippen LogP contribution >= 0.6 is 11.8 Å². The molecule has 1 aliphatic heterocycles. The average Bonchev–Trinajstić information content (AvgIpc) is 2.76. The van der Waals surface area contributed by atoms with E-state index in [9.17, 15) is 4.79 Å². The van der Waals surface area contributed by atoms with Crippen molar-refractivity contribution in [3.8, 4) is 0 Å². The third kappa shape index (κ3) is 3.86. The summed E-state index contributed by atoms with van der Waals surface area (Å²) in [4.78, 5) is 12.3. The third-order valence-corrected chi connectivity index (χ3v) is 4.62. The Morgan fingerprint density at radius 2 is 2.29 bits per heavy atom. The molecule has 0 aromatic heterocycles. The van der Waals surface area contributed by atoms with E-state index >= 15 is 0 Å². The molecule has 0 bridgehead atoms. The van der Waals surface area contributed by atoms with E-state index < -0.39 is 0 Å². The third-order valence-electron chi connectivity index (χ3n) is 3.37. The van der Waals surface area contributed by atoms with Gasteiger partial charge in [0.05, 0.1) is 12.0 Å². The zero-order valence-electron chi connectivity index (χ0n) is 11.3. The summed E-state index contributed by atoms with van der Waals surface area (Å²) in [5, 5.41) is 6.31. The lowest BCUT2D eigenvalue weighted by molar-refractivity contribution is -0.133. The summed E-state index contributed by atoms with van der Waals surface area (Å²) in [6.07, 6.45) is 2.92. The van der Waals surface area contributed by atoms with Gasteiger partial charge < -0.3 is 15.4 Å². The first-order valence-electron chi connectivity index (χ1n) is 5.99. The van der Waals surface area contributed by atoms with Crippen molar-refractivity contribution < 1.29 is 9.53 Å². The van der Waals surface area contributed by atoms with E-state index in [0.29, 0.717) is 19.7 Å². The van der Waals surface area contributed by atoms with Crippen molar-refractivity contribution in [2.24, 2.45) is 5.41 Å². The maximum atomic E-state index is 12.3. The minimum atomic E-state index is -0.372. The molecule has 0 aromatic carbocycles. The van der Waals surface area contributed by atoms with Gasteiger partial charge >= 0.3 is 0 Å². The van der Waals surface area contributed by atoms with Crippen LogP contribution in [-0.4, -0.2) is 50.3 Å². The smallest absolute Gasteiger partial charge is 0.229 e. The second kappa shape index (κ2) is 6.07. The van der Waals surface area contributed by atoms with Crippen LogP contribution in [0.2, 0.25) is 0 Å². The van der Waals surface area contributed by atoms with E-state index in [0.717, 1.165) is 13.0 Å². The van der Waals surface area contributed by atoms with Gasteiger partial charge in [-0.1, -0.05) is 0 Å². The predicted octanol–water partition coefficient (Wildman–Crippen LogP) is 0.870. The van der Waals surface area contributed by atoms with Crippen molar-refractivity contribution in [2.75, 3.05) is 39.6 Å². The molecule has 0 aromatic rings. The number of ether oxygens (including phenoxy) is 1. The van der Waals surface area contributed by atoms with Crippen LogP contribution in [0.3, 0.4) is 0 Å². The molecule has 1 atom stereocenters. The minimum absolute atomic E-state index is 0.0793. The molecule has 1 amide bonds. The van der Waals surface area contributed by atoms with Crippen molar-refractivity contribution in [3.63, 3.8) is 0 Å². The van der Waals surface area contributed by atoms with Gasteiger partial charge in [0.15, 0.2) is 0 Å². The SMILES string of the molecule is COCC1(C(=O)NCC(C)(C)SC)CCNC1. The van der Waals surface area contributed by atoms with Crippen LogP contribution in [0.15, 0.2) is 0 Å². The highest BCUT2D eigenvalue weighted by Gasteiger charge is 2.41. The molecule has 100 valence electrons. The molecule has 1 rings (SSSR count). The largest absolute Gasteiger partial charge is 0.384 e. The first-order chi connectivity index (χ1) is 7.96. The molecular weight excluding hydrogens is 236 g/mol. The number of carbonyl (C=O) groups excluding carboxylic acids is 1. The summed E-state index contributed by atoms with van der Waals surface area (Å²) in [7, 11) is 1.65. The monoisotopic (exact) mass is 260 g/mol. The van der Waals surface area contributed by atoms with Gasteiger partial charge in [-0.05, 0) is 33.1 Å². The van der Waals surface area contributed by atoms with E-state index in [1.807, 2.05) is 0 Å². The number of hydrogen-bond donors (Lipinski definition) is 2. The Morgan fingerprint density at radius 3 is 2.76 bits per heavy atom. The lowest BCUT2D eigenvalue weighted by Gasteiger charge is -2.29. The quantitative estimate of drug-likeness (QED) is 0.744. The standard InChI is InChI=1S/C12H24N2O2S/c1-11(2,17-4)7-14-10(15)12(9-16-3)5-6-13-8-12/h13H,5-9H2,1-4H3,(H,14,15). The molecule has 2 N–H and O–H groups in total. The molecule has 1 fully saturated rings. The summed E-state index contributed by atoms with van der Waals surface area (Å²) in [5.41, 5.74) is -0.372. The molecule has 1 heterocycles. The zero-order chi connectivity index (χ0) is 12.9. The number of nitrogens with one attached hydrogen (secondary N) is 2. The van der Waals surface area contributed by atoms with Gasteiger partial charge in [0.2, 0.25) is 5.91 Å². The van der Waals surface area contributed by atoms with Crippen molar-refractivity contribution in [2.45, 2.75) is 25.0 Å². The van der Waals surface area contributed by atoms with Crippen molar-refractivity contribution in [3.05, 3.63) is 0 Å². The number of hydrogen-bond acceptors (Lipinski definition) is 4. The van der Waals surface area contributed by atoms with Crippen LogP contribution in [0.1, 0.15) is 20.3 Å². The molecule has 0 spiro atoms.